The summed E-state index contributed by atoms with van der Waals surface area (Å²) in [5.41, 5.74) is 0. The minimum Gasteiger partial charge on any atom is -0.350 e. The van der Waals surface area contributed by atoms with Crippen molar-refractivity contribution in [2.24, 2.45) is 0 Å². The molecule has 0 aromatic rings. The van der Waals surface area contributed by atoms with Gasteiger partial charge in [0.25, 0.3) is 0 Å². The fraction of sp³-hybridized carbons (Fsp3) is 0.800. The van der Waals surface area contributed by atoms with Crippen molar-refractivity contribution in [3.8, 4) is 0 Å². The first-order chi connectivity index (χ1) is 5.83. The van der Waals surface area contributed by atoms with Gasteiger partial charge in [-0.15, -0.1) is 0 Å². The van der Waals surface area contributed by atoms with E-state index in [0.29, 0.717) is 0 Å². The van der Waals surface area contributed by atoms with Crippen molar-refractivity contribution >= 4 is 53.2 Å². The first kappa shape index (κ1) is 18.5. The van der Waals surface area contributed by atoms with E-state index >= 15 is 0 Å². The Balaban J connectivity index is -0.000000112. The van der Waals surface area contributed by atoms with E-state index in [9.17, 15) is 0 Å². The van der Waals surface area contributed by atoms with Crippen LogP contribution in [0, 0.1) is 0 Å². The van der Waals surface area contributed by atoms with Gasteiger partial charge in [0.1, 0.15) is 31.1 Å². The van der Waals surface area contributed by atoms with Gasteiger partial charge in [-0.1, -0.05) is 46.4 Å². The molecule has 0 radical (unpaired) electrons. The van der Waals surface area contributed by atoms with Gasteiger partial charge in [0.2, 0.25) is 0 Å². The molecule has 0 saturated carbocycles. The van der Waals surface area contributed by atoms with E-state index in [4.69, 9.17) is 51.2 Å². The molecular weight excluding hydrogens is 250 g/mol. The summed E-state index contributed by atoms with van der Waals surface area (Å²) in [4.78, 5) is 8.00. The molecule has 0 fully saturated rings. The van der Waals surface area contributed by atoms with Crippen LogP contribution in [0.2, 0.25) is 0 Å². The molecule has 0 amide bonds. The summed E-state index contributed by atoms with van der Waals surface area (Å²) in [6.07, 6.45) is 0. The quantitative estimate of drug-likeness (QED) is 0.729. The van der Waals surface area contributed by atoms with E-state index in [1.54, 1.807) is 0 Å². The molecule has 0 aliphatic heterocycles. The third-order valence-corrected chi connectivity index (χ3v) is 0.926. The van der Waals surface area contributed by atoms with E-state index < -0.39 is 0 Å². The fourth-order valence-corrected chi connectivity index (χ4v) is 0.525. The minimum atomic E-state index is 0.184. The minimum absolute atomic E-state index is 0.184. The monoisotopic (exact) mass is 258 g/mol. The van der Waals surface area contributed by atoms with Gasteiger partial charge in [0.15, 0.2) is 0 Å². The van der Waals surface area contributed by atoms with Crippen LogP contribution in [0.15, 0.2) is 0 Å². The summed E-state index contributed by atoms with van der Waals surface area (Å²) < 4.78 is 8.73. The lowest BCUT2D eigenvalue weighted by molar-refractivity contribution is -0.0979. The average molecular weight is 260 g/mol. The van der Waals surface area contributed by atoms with Crippen LogP contribution in [0.3, 0.4) is 0 Å². The zero-order valence-corrected chi connectivity index (χ0v) is 9.30. The number of carbonyl (C=O) groups is 1. The van der Waals surface area contributed by atoms with Crippen LogP contribution in [-0.4, -0.2) is 31.1 Å². The van der Waals surface area contributed by atoms with Gasteiger partial charge >= 0.3 is 0 Å². The summed E-state index contributed by atoms with van der Waals surface area (Å²) in [5.74, 6) is 0. The molecule has 7 heteroatoms. The highest BCUT2D eigenvalue weighted by atomic mass is 35.5. The maximum absolute atomic E-state index is 8.00. The molecule has 0 heterocycles. The van der Waals surface area contributed by atoms with E-state index in [1.165, 1.54) is 0 Å². The van der Waals surface area contributed by atoms with Crippen molar-refractivity contribution in [1.82, 2.24) is 0 Å². The zero-order chi connectivity index (χ0) is 10.2. The van der Waals surface area contributed by atoms with Gasteiger partial charge in [-0.2, -0.15) is 0 Å². The molecule has 0 saturated heterocycles. The molecule has 12 heavy (non-hydrogen) atoms. The highest BCUT2D eigenvalue weighted by molar-refractivity contribution is 6.19. The highest BCUT2D eigenvalue weighted by Gasteiger charge is 1.68. The largest absolute Gasteiger partial charge is 0.350 e. The Hall–Kier alpha value is 0.750. The Morgan fingerprint density at radius 2 is 0.917 bits per heavy atom. The molecule has 0 aromatic carbocycles. The van der Waals surface area contributed by atoms with Crippen LogP contribution in [-0.2, 0) is 14.3 Å². The second-order valence-corrected chi connectivity index (χ2v) is 1.72. The molecular formula is C5H10Cl4O3. The molecule has 0 unspecified atom stereocenters. The number of hydrogen-bond donors (Lipinski definition) is 0. The third kappa shape index (κ3) is 45.3. The van der Waals surface area contributed by atoms with E-state index in [0.717, 1.165) is 0 Å². The van der Waals surface area contributed by atoms with E-state index in [2.05, 4.69) is 9.47 Å². The van der Waals surface area contributed by atoms with E-state index in [1.807, 2.05) is 6.79 Å². The summed E-state index contributed by atoms with van der Waals surface area (Å²) in [6.45, 7) is 2.00. The molecule has 0 atom stereocenters. The zero-order valence-electron chi connectivity index (χ0n) is 6.27. The van der Waals surface area contributed by atoms with Gasteiger partial charge in [0.05, 0.1) is 0 Å². The van der Waals surface area contributed by atoms with E-state index in [-0.39, 0.29) is 24.3 Å². The Morgan fingerprint density at radius 1 is 0.750 bits per heavy atom. The molecule has 0 bridgehead atoms. The molecule has 3 nitrogen and oxygen atoms in total. The average Bonchev–Trinajstić information content (AvgIpc) is 2.12. The van der Waals surface area contributed by atoms with Crippen LogP contribution in [0.5, 0.6) is 0 Å². The van der Waals surface area contributed by atoms with Crippen LogP contribution in [0.1, 0.15) is 0 Å². The normalized spacial score (nSPS) is 7.33. The molecule has 0 spiro atoms. The lowest BCUT2D eigenvalue weighted by atomic mass is 11.5. The topological polar surface area (TPSA) is 35.5 Å². The Kier molecular flexibility index (Phi) is 46.0. The molecule has 0 N–H and O–H groups in total. The Bertz CT molecular complexity index is 48.0. The molecule has 0 rings (SSSR count). The van der Waals surface area contributed by atoms with Crippen molar-refractivity contribution < 1.29 is 14.3 Å². The summed E-state index contributed by atoms with van der Waals surface area (Å²) >= 11 is 20.0. The lowest BCUT2D eigenvalue weighted by Gasteiger charge is -1.82. The van der Waals surface area contributed by atoms with Crippen LogP contribution >= 0.6 is 46.4 Å². The second-order valence-electron chi connectivity index (χ2n) is 0.845. The van der Waals surface area contributed by atoms with Gasteiger partial charge in [-0.05, 0) is 0 Å². The Labute approximate surface area is 91.8 Å². The number of alkyl halides is 4. The summed E-state index contributed by atoms with van der Waals surface area (Å²) in [6, 6.07) is 0.736. The van der Waals surface area contributed by atoms with Gasteiger partial charge in [-0.25, -0.2) is 0 Å². The summed E-state index contributed by atoms with van der Waals surface area (Å²) in [7, 11) is 0. The first-order valence-corrected chi connectivity index (χ1v) is 4.65. The van der Waals surface area contributed by atoms with Gasteiger partial charge in [-0.3, -0.25) is 0 Å². The van der Waals surface area contributed by atoms with Crippen molar-refractivity contribution in [1.29, 1.82) is 0 Å². The maximum Gasteiger partial charge on any atom is 0.122 e. The fourth-order valence-electron chi connectivity index (χ4n) is 0.0583. The van der Waals surface area contributed by atoms with Gasteiger partial charge in [0, 0.05) is 0 Å². The maximum atomic E-state index is 8.00. The molecule has 76 valence electrons. The van der Waals surface area contributed by atoms with Crippen molar-refractivity contribution in [2.75, 3.05) is 24.3 Å². The smallest absolute Gasteiger partial charge is 0.122 e. The number of rotatable bonds is 4. The van der Waals surface area contributed by atoms with Gasteiger partial charge < -0.3 is 14.3 Å². The van der Waals surface area contributed by atoms with Crippen molar-refractivity contribution in [3.05, 3.63) is 0 Å². The second kappa shape index (κ2) is 29.8. The predicted octanol–water partition coefficient (Wildman–Crippen LogP) is 2.61. The number of halogens is 4. The Morgan fingerprint density at radius 3 is 0.917 bits per heavy atom. The number of hydrogen-bond acceptors (Lipinski definition) is 3. The lowest BCUT2D eigenvalue weighted by Crippen LogP contribution is -1.78. The molecule has 0 aliphatic carbocycles. The van der Waals surface area contributed by atoms with Crippen LogP contribution in [0.25, 0.3) is 0 Å². The third-order valence-electron chi connectivity index (χ3n) is 0.309. The molecule has 0 aliphatic rings. The summed E-state index contributed by atoms with van der Waals surface area (Å²) in [5, 5.41) is 0. The highest BCUT2D eigenvalue weighted by Crippen LogP contribution is 1.79. The van der Waals surface area contributed by atoms with Crippen molar-refractivity contribution in [2.45, 2.75) is 0 Å². The predicted molar refractivity (Wildman–Crippen MR) is 52.2 cm³/mol. The van der Waals surface area contributed by atoms with Crippen LogP contribution < -0.4 is 0 Å². The van der Waals surface area contributed by atoms with Crippen molar-refractivity contribution in [3.63, 3.8) is 0 Å². The van der Waals surface area contributed by atoms with Crippen LogP contribution in [0.4, 0.5) is 0 Å². The molecule has 0 aromatic heterocycles. The number of ether oxygens (including phenoxy) is 2. The number of carbonyl (C=O) groups excluding carboxylic acids is 1. The first-order valence-electron chi connectivity index (χ1n) is 2.51. The SMILES string of the molecule is C=O.ClCOCCl.ClCOCCl. The standard InChI is InChI=1S/2C2H4Cl2O.CH2O/c2*3-1-5-2-4;1-2/h2*1-2H2;1H2.